The van der Waals surface area contributed by atoms with Crippen LogP contribution in [-0.2, 0) is 4.74 Å². The minimum atomic E-state index is 0.647. The molecule has 20 heavy (non-hydrogen) atoms. The molecular weight excluding hydrogens is 256 g/mol. The molecule has 1 N–H and O–H groups in total. The average molecular weight is 280 g/mol. The zero-order valence-electron chi connectivity index (χ0n) is 12.4. The van der Waals surface area contributed by atoms with E-state index in [1.54, 1.807) is 0 Å². The number of hydrogen-bond donors (Lipinski definition) is 1. The number of aryl methyl sites for hydroxylation is 1. The predicted octanol–water partition coefficient (Wildman–Crippen LogP) is 1.32. The highest BCUT2D eigenvalue weighted by atomic mass is 16.5. The van der Waals surface area contributed by atoms with Crippen LogP contribution in [0.25, 0.3) is 0 Å². The van der Waals surface area contributed by atoms with E-state index >= 15 is 0 Å². The lowest BCUT2D eigenvalue weighted by molar-refractivity contribution is 0.0398. The molecule has 6 heteroatoms. The summed E-state index contributed by atoms with van der Waals surface area (Å²) in [5.74, 6) is 2.21. The van der Waals surface area contributed by atoms with Crippen LogP contribution in [0, 0.1) is 6.92 Å². The SMILES string of the molecule is CCCOc1cc(NCCN2CCOCC2)nc(C)n1. The molecule has 0 atom stereocenters. The van der Waals surface area contributed by atoms with Crippen molar-refractivity contribution in [1.82, 2.24) is 14.9 Å². The second-order valence-corrected chi connectivity index (χ2v) is 4.87. The van der Waals surface area contributed by atoms with E-state index in [9.17, 15) is 0 Å². The maximum absolute atomic E-state index is 5.55. The molecule has 1 aliphatic heterocycles. The lowest BCUT2D eigenvalue weighted by Gasteiger charge is -2.26. The molecule has 2 heterocycles. The van der Waals surface area contributed by atoms with Gasteiger partial charge >= 0.3 is 0 Å². The number of aromatic nitrogens is 2. The Morgan fingerprint density at radius 2 is 2.15 bits per heavy atom. The highest BCUT2D eigenvalue weighted by molar-refractivity contribution is 5.38. The summed E-state index contributed by atoms with van der Waals surface area (Å²) in [7, 11) is 0. The number of morpholine rings is 1. The van der Waals surface area contributed by atoms with E-state index in [0.717, 1.165) is 57.5 Å². The summed E-state index contributed by atoms with van der Waals surface area (Å²) in [5, 5.41) is 3.34. The Labute approximate surface area is 120 Å². The van der Waals surface area contributed by atoms with Crippen molar-refractivity contribution in [2.24, 2.45) is 0 Å². The van der Waals surface area contributed by atoms with Crippen LogP contribution < -0.4 is 10.1 Å². The van der Waals surface area contributed by atoms with Crippen molar-refractivity contribution in [1.29, 1.82) is 0 Å². The molecule has 0 spiro atoms. The van der Waals surface area contributed by atoms with E-state index in [-0.39, 0.29) is 0 Å². The molecule has 1 saturated heterocycles. The summed E-state index contributed by atoms with van der Waals surface area (Å²) in [6.07, 6.45) is 0.975. The van der Waals surface area contributed by atoms with Gasteiger partial charge in [-0.3, -0.25) is 4.90 Å². The molecule has 2 rings (SSSR count). The van der Waals surface area contributed by atoms with E-state index in [1.807, 2.05) is 13.0 Å². The number of anilines is 1. The number of rotatable bonds is 7. The Balaban J connectivity index is 1.80. The minimum Gasteiger partial charge on any atom is -0.478 e. The Kier molecular flexibility index (Phi) is 6.01. The first kappa shape index (κ1) is 15.0. The van der Waals surface area contributed by atoms with Gasteiger partial charge in [0.1, 0.15) is 11.6 Å². The molecule has 0 aliphatic carbocycles. The van der Waals surface area contributed by atoms with Gasteiger partial charge in [-0.2, -0.15) is 4.98 Å². The van der Waals surface area contributed by atoms with E-state index < -0.39 is 0 Å². The van der Waals surface area contributed by atoms with Crippen LogP contribution in [0.1, 0.15) is 19.2 Å². The molecule has 1 aliphatic rings. The molecule has 0 amide bonds. The van der Waals surface area contributed by atoms with E-state index in [2.05, 4.69) is 27.1 Å². The number of hydrogen-bond acceptors (Lipinski definition) is 6. The smallest absolute Gasteiger partial charge is 0.218 e. The van der Waals surface area contributed by atoms with Crippen LogP contribution in [0.15, 0.2) is 6.07 Å². The summed E-state index contributed by atoms with van der Waals surface area (Å²) in [6.45, 7) is 10.2. The number of ether oxygens (including phenoxy) is 2. The molecule has 112 valence electrons. The average Bonchev–Trinajstić information content (AvgIpc) is 2.46. The molecule has 0 aromatic carbocycles. The van der Waals surface area contributed by atoms with Gasteiger partial charge in [-0.1, -0.05) is 6.92 Å². The number of nitrogens with zero attached hydrogens (tertiary/aromatic N) is 3. The predicted molar refractivity (Wildman–Crippen MR) is 78.3 cm³/mol. The summed E-state index contributed by atoms with van der Waals surface area (Å²) < 4.78 is 10.9. The molecule has 6 nitrogen and oxygen atoms in total. The molecule has 1 aromatic heterocycles. The zero-order valence-corrected chi connectivity index (χ0v) is 12.4. The van der Waals surface area contributed by atoms with Gasteiger partial charge in [0.15, 0.2) is 0 Å². The van der Waals surface area contributed by atoms with Gasteiger partial charge in [0.25, 0.3) is 0 Å². The maximum Gasteiger partial charge on any atom is 0.218 e. The van der Waals surface area contributed by atoms with Gasteiger partial charge < -0.3 is 14.8 Å². The van der Waals surface area contributed by atoms with Crippen LogP contribution in [0.2, 0.25) is 0 Å². The molecule has 0 saturated carbocycles. The van der Waals surface area contributed by atoms with Crippen molar-refractivity contribution >= 4 is 5.82 Å². The Bertz CT molecular complexity index is 408. The minimum absolute atomic E-state index is 0.647. The van der Waals surface area contributed by atoms with Crippen LogP contribution >= 0.6 is 0 Å². The van der Waals surface area contributed by atoms with E-state index in [4.69, 9.17) is 9.47 Å². The summed E-state index contributed by atoms with van der Waals surface area (Å²) >= 11 is 0. The molecule has 1 aromatic rings. The Morgan fingerprint density at radius 3 is 2.90 bits per heavy atom. The second kappa shape index (κ2) is 8.01. The van der Waals surface area contributed by atoms with E-state index in [1.165, 1.54) is 0 Å². The lowest BCUT2D eigenvalue weighted by Crippen LogP contribution is -2.39. The third kappa shape index (κ3) is 4.94. The molecule has 1 fully saturated rings. The van der Waals surface area contributed by atoms with Crippen molar-refractivity contribution < 1.29 is 9.47 Å². The van der Waals surface area contributed by atoms with Gasteiger partial charge in [-0.15, -0.1) is 0 Å². The van der Waals surface area contributed by atoms with Gasteiger partial charge in [-0.05, 0) is 13.3 Å². The summed E-state index contributed by atoms with van der Waals surface area (Å²) in [4.78, 5) is 11.0. The maximum atomic E-state index is 5.55. The second-order valence-electron chi connectivity index (χ2n) is 4.87. The molecule has 0 bridgehead atoms. The van der Waals surface area contributed by atoms with Crippen molar-refractivity contribution in [3.8, 4) is 5.88 Å². The van der Waals surface area contributed by atoms with Crippen molar-refractivity contribution in [2.45, 2.75) is 20.3 Å². The van der Waals surface area contributed by atoms with Gasteiger partial charge in [0, 0.05) is 32.2 Å². The third-order valence-corrected chi connectivity index (χ3v) is 3.11. The third-order valence-electron chi connectivity index (χ3n) is 3.11. The number of nitrogens with one attached hydrogen (secondary N) is 1. The lowest BCUT2D eigenvalue weighted by atomic mass is 10.4. The van der Waals surface area contributed by atoms with Crippen molar-refractivity contribution in [3.05, 3.63) is 11.9 Å². The molecule has 0 radical (unpaired) electrons. The summed E-state index contributed by atoms with van der Waals surface area (Å²) in [5.41, 5.74) is 0. The standard InChI is InChI=1S/C14H24N4O2/c1-3-8-20-14-11-13(16-12(2)17-14)15-4-5-18-6-9-19-10-7-18/h11H,3-10H2,1-2H3,(H,15,16,17). The Hall–Kier alpha value is -1.40. The van der Waals surface area contributed by atoms with E-state index in [0.29, 0.717) is 12.5 Å². The van der Waals surface area contributed by atoms with Crippen molar-refractivity contribution in [2.75, 3.05) is 51.3 Å². The van der Waals surface area contributed by atoms with Crippen LogP contribution in [0.4, 0.5) is 5.82 Å². The first-order valence-electron chi connectivity index (χ1n) is 7.30. The topological polar surface area (TPSA) is 59.5 Å². The molecular formula is C14H24N4O2. The fraction of sp³-hybridized carbons (Fsp3) is 0.714. The largest absolute Gasteiger partial charge is 0.478 e. The van der Waals surface area contributed by atoms with Crippen LogP contribution in [0.3, 0.4) is 0 Å². The first-order valence-corrected chi connectivity index (χ1v) is 7.30. The Morgan fingerprint density at radius 1 is 1.35 bits per heavy atom. The van der Waals surface area contributed by atoms with Gasteiger partial charge in [0.2, 0.25) is 5.88 Å². The quantitative estimate of drug-likeness (QED) is 0.813. The van der Waals surface area contributed by atoms with Crippen molar-refractivity contribution in [3.63, 3.8) is 0 Å². The van der Waals surface area contributed by atoms with Crippen LogP contribution in [0.5, 0.6) is 5.88 Å². The molecule has 0 unspecified atom stereocenters. The zero-order chi connectivity index (χ0) is 14.2. The van der Waals surface area contributed by atoms with Gasteiger partial charge in [-0.25, -0.2) is 4.98 Å². The summed E-state index contributed by atoms with van der Waals surface area (Å²) in [6, 6.07) is 1.86. The monoisotopic (exact) mass is 280 g/mol. The first-order chi connectivity index (χ1) is 9.78. The van der Waals surface area contributed by atoms with Crippen LogP contribution in [-0.4, -0.2) is 60.9 Å². The highest BCUT2D eigenvalue weighted by Gasteiger charge is 2.09. The fourth-order valence-corrected chi connectivity index (χ4v) is 2.08. The highest BCUT2D eigenvalue weighted by Crippen LogP contribution is 2.13. The fourth-order valence-electron chi connectivity index (χ4n) is 2.08. The normalized spacial score (nSPS) is 16.1. The van der Waals surface area contributed by atoms with Gasteiger partial charge in [0.05, 0.1) is 19.8 Å².